The van der Waals surface area contributed by atoms with Crippen molar-refractivity contribution < 1.29 is 190 Å². The summed E-state index contributed by atoms with van der Waals surface area (Å²) < 4.78 is 2.84. The van der Waals surface area contributed by atoms with E-state index in [1.54, 1.807) is 0 Å². The molecule has 0 unspecified atom stereocenters. The Morgan fingerprint density at radius 2 is 0.232 bits per heavy atom. The topological polar surface area (TPSA) is 734 Å². The summed E-state index contributed by atoms with van der Waals surface area (Å²) in [4.78, 5) is 0. The molecule has 0 saturated heterocycles. The zero-order valence-electron chi connectivity index (χ0n) is 48.8. The van der Waals surface area contributed by atoms with E-state index in [1.165, 1.54) is 164 Å². The molecule has 0 spiro atoms. The molecule has 0 fully saturated rings. The average molecular weight is 1220 g/mol. The number of quaternary nitrogens is 2. The second kappa shape index (κ2) is 99.3. The van der Waals surface area contributed by atoms with Gasteiger partial charge in [0.05, 0.1) is 59.7 Å². The molecule has 0 aromatic carbocycles. The lowest BCUT2D eigenvalue weighted by Gasteiger charge is -2.39. The number of rotatable bonds is 24. The van der Waals surface area contributed by atoms with Crippen LogP contribution in [0.5, 0.6) is 0 Å². The molecule has 0 aliphatic heterocycles. The minimum absolute atomic E-state index is 1.35. The molecule has 0 saturated carbocycles. The van der Waals surface area contributed by atoms with Crippen molar-refractivity contribution in [2.24, 2.45) is 0 Å². The third kappa shape index (κ3) is 315. The first-order valence-corrected chi connectivity index (χ1v) is 25.4. The maximum Gasteiger partial charge on any atom is 0.631 e. The monoisotopic (exact) mass is 1230 g/mol. The fraction of sp³-hybridized carbons (Fsp3) is 1.00. The van der Waals surface area contributed by atoms with Crippen LogP contribution in [0.2, 0.25) is 0 Å². The fourth-order valence-electron chi connectivity index (χ4n) is 5.29. The van der Waals surface area contributed by atoms with Crippen molar-refractivity contribution in [1.82, 2.24) is 0 Å². The number of unbranched alkanes of at least 4 members (excludes halogenated alkanes) is 8. The third-order valence-corrected chi connectivity index (χ3v) is 7.89. The van der Waals surface area contributed by atoms with Gasteiger partial charge >= 0.3 is 80.5 Å². The Bertz CT molecular complexity index is 718. The van der Waals surface area contributed by atoms with Gasteiger partial charge in [-0.15, -0.1) is 0 Å². The molecule has 0 atom stereocenters. The maximum absolute atomic E-state index is 8.53. The molecule has 0 heterocycles. The zero-order chi connectivity index (χ0) is 68.9. The van der Waals surface area contributed by atoms with Crippen molar-refractivity contribution in [3.05, 3.63) is 0 Å². The van der Waals surface area contributed by atoms with Crippen LogP contribution in [0.1, 0.15) is 158 Å². The van der Waals surface area contributed by atoms with Gasteiger partial charge in [0.15, 0.2) is 0 Å². The minimum Gasteiger partial charge on any atom is -0.871 e. The van der Waals surface area contributed by atoms with E-state index >= 15 is 0 Å². The van der Waals surface area contributed by atoms with Gasteiger partial charge < -0.3 is 190 Å². The van der Waals surface area contributed by atoms with Crippen LogP contribution in [0.3, 0.4) is 0 Å². The highest BCUT2D eigenvalue weighted by molar-refractivity contribution is 6.32. The van der Waals surface area contributed by atoms with Gasteiger partial charge in [-0.05, 0) is 51.4 Å². The fourth-order valence-corrected chi connectivity index (χ4v) is 5.29. The van der Waals surface area contributed by atoms with E-state index in [9.17, 15) is 0 Å². The highest BCUT2D eigenvalue weighted by Crippen LogP contribution is 2.17. The molecule has 0 aromatic heterocycles. The number of hydrogen-bond donors (Lipinski definition) is 34. The number of hydrogen-bond acceptors (Lipinski definition) is 36. The maximum atomic E-state index is 8.53. The first-order valence-electron chi connectivity index (χ1n) is 25.4. The molecule has 38 nitrogen and oxygen atoms in total. The van der Waals surface area contributed by atoms with Gasteiger partial charge in [-0.3, -0.25) is 0 Å². The first-order chi connectivity index (χ1) is 37.3. The van der Waals surface area contributed by atoms with Crippen LogP contribution in [0.15, 0.2) is 0 Å². The normalized spacial score (nSPS) is 8.93. The summed E-state index contributed by atoms with van der Waals surface area (Å²) in [6.45, 7) is 30.0. The van der Waals surface area contributed by atoms with Crippen LogP contribution < -0.4 is 10.0 Å². The zero-order valence-corrected chi connectivity index (χ0v) is 48.8. The summed E-state index contributed by atoms with van der Waals surface area (Å²) in [5.74, 6) is 0. The SMILES string of the molecule is CCCC[N+](CCCC)(CCCC)CCCC.CCCC[N+](CCCC)(CCCC)CCCC.OB(O)O.OB(O)O.OB(O)O.OB(O)O.OB(O)O.OB(O)O.OB(O)O.OB(O)O.OB(O)O.OB(O)O.OB(O)O.[O-]B([O-])O. The van der Waals surface area contributed by atoms with Crippen LogP contribution in [-0.2, 0) is 0 Å². The predicted octanol–water partition coefficient (Wildman–Crippen LogP) is -15.9. The Hall–Kier alpha value is -0.741. The van der Waals surface area contributed by atoms with Crippen molar-refractivity contribution in [2.45, 2.75) is 158 Å². The van der Waals surface area contributed by atoms with Crippen LogP contribution in [0, 0.1) is 0 Å². The van der Waals surface area contributed by atoms with Crippen LogP contribution in [0.25, 0.3) is 0 Å². The lowest BCUT2D eigenvalue weighted by Crippen LogP contribution is -2.50. The summed E-state index contributed by atoms with van der Waals surface area (Å²) in [5.41, 5.74) is 0. The predicted molar refractivity (Wildman–Crippen MR) is 303 cm³/mol. The van der Waals surface area contributed by atoms with Gasteiger partial charge in [0.2, 0.25) is 0 Å². The van der Waals surface area contributed by atoms with E-state index in [-0.39, 0.29) is 0 Å². The molecular weight excluding hydrogens is 1120 g/mol. The van der Waals surface area contributed by atoms with Crippen molar-refractivity contribution in [2.75, 3.05) is 52.4 Å². The molecule has 50 heteroatoms. The van der Waals surface area contributed by atoms with E-state index in [4.69, 9.17) is 181 Å². The van der Waals surface area contributed by atoms with Crippen molar-refractivity contribution in [3.8, 4) is 0 Å². The molecule has 0 aliphatic rings. The highest BCUT2D eigenvalue weighted by Gasteiger charge is 2.26. The van der Waals surface area contributed by atoms with Crippen LogP contribution in [-0.4, -0.2) is 320 Å². The van der Waals surface area contributed by atoms with E-state index in [2.05, 4.69) is 55.4 Å². The van der Waals surface area contributed by atoms with E-state index in [0.29, 0.717) is 0 Å². The quantitative estimate of drug-likeness (QED) is 0.0315. The average Bonchev–Trinajstić information content (AvgIpc) is 3.26. The van der Waals surface area contributed by atoms with Gasteiger partial charge in [0.25, 0.3) is 0 Å². The van der Waals surface area contributed by atoms with Gasteiger partial charge in [0, 0.05) is 0 Å². The van der Waals surface area contributed by atoms with Gasteiger partial charge in [-0.25, -0.2) is 0 Å². The molecular formula is C32H106B12N2O36. The van der Waals surface area contributed by atoms with Crippen molar-refractivity contribution in [3.63, 3.8) is 0 Å². The summed E-state index contributed by atoms with van der Waals surface area (Å²) >= 11 is 0. The molecule has 82 heavy (non-hydrogen) atoms. The number of nitrogens with zero attached hydrogens (tertiary/aromatic N) is 2. The molecule has 0 radical (unpaired) electrons. The molecule has 0 aliphatic carbocycles. The highest BCUT2D eigenvalue weighted by atomic mass is 16.6. The van der Waals surface area contributed by atoms with Gasteiger partial charge in [-0.2, -0.15) is 0 Å². The summed E-state index contributed by atoms with van der Waals surface area (Å²) in [5, 5.41) is 260. The van der Waals surface area contributed by atoms with Crippen LogP contribution in [0.4, 0.5) is 0 Å². The molecule has 0 aromatic rings. The molecule has 34 N–H and O–H groups in total. The lowest BCUT2D eigenvalue weighted by atomic mass is 10.1. The van der Waals surface area contributed by atoms with Crippen molar-refractivity contribution in [1.29, 1.82) is 0 Å². The Morgan fingerprint density at radius 1 is 0.183 bits per heavy atom. The summed E-state index contributed by atoms with van der Waals surface area (Å²) in [6.07, 6.45) is 22.1. The Morgan fingerprint density at radius 3 is 0.268 bits per heavy atom. The second-order valence-corrected chi connectivity index (χ2v) is 15.4. The Labute approximate surface area is 487 Å². The first kappa shape index (κ1) is 116. The van der Waals surface area contributed by atoms with Gasteiger partial charge in [0.1, 0.15) is 0 Å². The molecule has 0 rings (SSSR count). The lowest BCUT2D eigenvalue weighted by molar-refractivity contribution is -0.929. The van der Waals surface area contributed by atoms with Crippen molar-refractivity contribution >= 4 is 87.9 Å². The van der Waals surface area contributed by atoms with E-state index in [1.807, 2.05) is 0 Å². The molecule has 0 amide bonds. The Balaban J connectivity index is -0.0000000541. The van der Waals surface area contributed by atoms with Crippen LogP contribution >= 0.6 is 0 Å². The van der Waals surface area contributed by atoms with E-state index < -0.39 is 87.9 Å². The standard InChI is InChI=1S/2C16H36N.11BH3O3.BHO3/c2*1-5-9-13-17(14-10-6-2,15-11-7-3)16-12-8-4;12*2-1(3)4/h2*5-16H2,1-4H3;11*2-4H;2H/q2*+1;;;;;;;;;;;;-2. The van der Waals surface area contributed by atoms with Gasteiger partial charge in [-0.1, -0.05) is 107 Å². The second-order valence-electron chi connectivity index (χ2n) is 15.4. The molecule has 496 valence electrons. The summed E-state index contributed by atoms with van der Waals surface area (Å²) in [6, 6.07) is 0. The third-order valence-electron chi connectivity index (χ3n) is 7.89. The van der Waals surface area contributed by atoms with E-state index in [0.717, 1.165) is 0 Å². The molecule has 0 bridgehead atoms. The minimum atomic E-state index is -2.67. The smallest absolute Gasteiger partial charge is 0.631 e. The Kier molecular flexibility index (Phi) is 140. The largest absolute Gasteiger partial charge is 0.871 e. The summed E-state index contributed by atoms with van der Waals surface area (Å²) in [7, 11) is -26.5.